The lowest BCUT2D eigenvalue weighted by Crippen LogP contribution is -2.50. The smallest absolute Gasteiger partial charge is 0.253 e. The molecule has 1 aliphatic rings. The van der Waals surface area contributed by atoms with Gasteiger partial charge in [0.25, 0.3) is 11.8 Å². The zero-order chi connectivity index (χ0) is 20.1. The largest absolute Gasteiger partial charge is 0.352 e. The minimum Gasteiger partial charge on any atom is -0.352 e. The SMILES string of the molecule is CC(=O)NCc1ccc(C(=O)N2CCN(C(=O)c3ccc(Cl)cc3)CC2)cc1. The summed E-state index contributed by atoms with van der Waals surface area (Å²) in [5.41, 5.74) is 2.13. The minimum absolute atomic E-state index is 0.0499. The molecule has 0 spiro atoms. The summed E-state index contributed by atoms with van der Waals surface area (Å²) >= 11 is 5.87. The van der Waals surface area contributed by atoms with Gasteiger partial charge in [-0.3, -0.25) is 14.4 Å². The van der Waals surface area contributed by atoms with E-state index < -0.39 is 0 Å². The van der Waals surface area contributed by atoms with Gasteiger partial charge in [0.2, 0.25) is 5.91 Å². The number of hydrogen-bond donors (Lipinski definition) is 1. The number of carbonyl (C=O) groups excluding carboxylic acids is 3. The Labute approximate surface area is 169 Å². The third kappa shape index (κ3) is 4.89. The van der Waals surface area contributed by atoms with E-state index in [2.05, 4.69) is 5.32 Å². The van der Waals surface area contributed by atoms with Gasteiger partial charge >= 0.3 is 0 Å². The number of halogens is 1. The highest BCUT2D eigenvalue weighted by atomic mass is 35.5. The zero-order valence-electron chi connectivity index (χ0n) is 15.7. The minimum atomic E-state index is -0.0915. The molecule has 3 rings (SSSR count). The number of benzene rings is 2. The predicted octanol–water partition coefficient (Wildman–Crippen LogP) is 2.57. The molecule has 0 bridgehead atoms. The Balaban J connectivity index is 1.55. The molecule has 0 saturated carbocycles. The quantitative estimate of drug-likeness (QED) is 0.859. The fraction of sp³-hybridized carbons (Fsp3) is 0.286. The summed E-state index contributed by atoms with van der Waals surface area (Å²) in [7, 11) is 0. The Kier molecular flexibility index (Phi) is 6.31. The molecule has 7 heteroatoms. The summed E-state index contributed by atoms with van der Waals surface area (Å²) in [4.78, 5) is 39.7. The van der Waals surface area contributed by atoms with Crippen molar-refractivity contribution in [2.75, 3.05) is 26.2 Å². The van der Waals surface area contributed by atoms with Gasteiger partial charge in [0.15, 0.2) is 0 Å². The number of amides is 3. The van der Waals surface area contributed by atoms with Crippen molar-refractivity contribution in [2.45, 2.75) is 13.5 Å². The lowest BCUT2D eigenvalue weighted by molar-refractivity contribution is -0.119. The van der Waals surface area contributed by atoms with Crippen LogP contribution in [0.1, 0.15) is 33.2 Å². The maximum absolute atomic E-state index is 12.7. The van der Waals surface area contributed by atoms with Crippen LogP contribution in [0.25, 0.3) is 0 Å². The highest BCUT2D eigenvalue weighted by Crippen LogP contribution is 2.15. The first-order valence-corrected chi connectivity index (χ1v) is 9.49. The molecule has 28 heavy (non-hydrogen) atoms. The lowest BCUT2D eigenvalue weighted by atomic mass is 10.1. The van der Waals surface area contributed by atoms with Crippen molar-refractivity contribution >= 4 is 29.3 Å². The molecule has 3 amide bonds. The Hall–Kier alpha value is -2.86. The Morgan fingerprint density at radius 3 is 1.68 bits per heavy atom. The number of piperazine rings is 1. The first-order valence-electron chi connectivity index (χ1n) is 9.11. The molecule has 1 N–H and O–H groups in total. The van der Waals surface area contributed by atoms with Gasteiger partial charge in [-0.05, 0) is 42.0 Å². The maximum Gasteiger partial charge on any atom is 0.253 e. The van der Waals surface area contributed by atoms with E-state index in [0.717, 1.165) is 5.56 Å². The van der Waals surface area contributed by atoms with E-state index >= 15 is 0 Å². The summed E-state index contributed by atoms with van der Waals surface area (Å²) < 4.78 is 0. The molecule has 0 atom stereocenters. The maximum atomic E-state index is 12.7. The molecule has 0 unspecified atom stereocenters. The van der Waals surface area contributed by atoms with Gasteiger partial charge in [-0.15, -0.1) is 0 Å². The first-order chi connectivity index (χ1) is 13.4. The van der Waals surface area contributed by atoms with Crippen molar-refractivity contribution < 1.29 is 14.4 Å². The van der Waals surface area contributed by atoms with Crippen molar-refractivity contribution in [3.8, 4) is 0 Å². The van der Waals surface area contributed by atoms with E-state index in [4.69, 9.17) is 11.6 Å². The van der Waals surface area contributed by atoms with Gasteiger partial charge in [-0.2, -0.15) is 0 Å². The first kappa shape index (κ1) is 19.9. The van der Waals surface area contributed by atoms with Crippen LogP contribution < -0.4 is 5.32 Å². The van der Waals surface area contributed by atoms with Crippen LogP contribution in [0.3, 0.4) is 0 Å². The summed E-state index contributed by atoms with van der Waals surface area (Å²) in [6.45, 7) is 3.88. The standard InChI is InChI=1S/C21H22ClN3O3/c1-15(26)23-14-16-2-4-17(5-3-16)20(27)24-10-12-25(13-11-24)21(28)18-6-8-19(22)9-7-18/h2-9H,10-14H2,1H3,(H,23,26). The van der Waals surface area contributed by atoms with Crippen molar-refractivity contribution in [1.29, 1.82) is 0 Å². The second-order valence-corrected chi connectivity index (χ2v) is 7.13. The van der Waals surface area contributed by atoms with Crippen LogP contribution in [-0.4, -0.2) is 53.7 Å². The van der Waals surface area contributed by atoms with Gasteiger partial charge in [0.05, 0.1) is 0 Å². The highest BCUT2D eigenvalue weighted by Gasteiger charge is 2.25. The average molecular weight is 400 g/mol. The summed E-state index contributed by atoms with van der Waals surface area (Å²) in [5.74, 6) is -0.193. The lowest BCUT2D eigenvalue weighted by Gasteiger charge is -2.35. The van der Waals surface area contributed by atoms with Gasteiger partial charge in [-0.25, -0.2) is 0 Å². The fourth-order valence-corrected chi connectivity index (χ4v) is 3.19. The number of nitrogens with zero attached hydrogens (tertiary/aromatic N) is 2. The molecule has 0 aliphatic carbocycles. The van der Waals surface area contributed by atoms with Crippen LogP contribution in [0.2, 0.25) is 5.02 Å². The molecular weight excluding hydrogens is 378 g/mol. The summed E-state index contributed by atoms with van der Waals surface area (Å²) in [5, 5.41) is 3.32. The number of rotatable bonds is 4. The summed E-state index contributed by atoms with van der Waals surface area (Å²) in [6.07, 6.45) is 0. The highest BCUT2D eigenvalue weighted by molar-refractivity contribution is 6.30. The third-order valence-corrected chi connectivity index (χ3v) is 4.94. The second kappa shape index (κ2) is 8.89. The molecule has 1 fully saturated rings. The molecule has 2 aromatic carbocycles. The number of carbonyl (C=O) groups is 3. The van der Waals surface area contributed by atoms with Gasteiger partial charge in [-0.1, -0.05) is 23.7 Å². The average Bonchev–Trinajstić information content (AvgIpc) is 2.72. The normalized spacial score (nSPS) is 13.9. The Bertz CT molecular complexity index is 857. The van der Waals surface area contributed by atoms with Crippen LogP contribution in [0.4, 0.5) is 0 Å². The number of nitrogens with one attached hydrogen (secondary N) is 1. The van der Waals surface area contributed by atoms with E-state index in [0.29, 0.717) is 48.9 Å². The van der Waals surface area contributed by atoms with Crippen molar-refractivity contribution in [3.05, 3.63) is 70.2 Å². The molecule has 2 aromatic rings. The molecule has 1 aliphatic heterocycles. The van der Waals surface area contributed by atoms with Gasteiger partial charge in [0, 0.05) is 55.8 Å². The third-order valence-electron chi connectivity index (χ3n) is 4.69. The van der Waals surface area contributed by atoms with E-state index in [-0.39, 0.29) is 17.7 Å². The van der Waals surface area contributed by atoms with Crippen LogP contribution in [0.15, 0.2) is 48.5 Å². The van der Waals surface area contributed by atoms with Gasteiger partial charge < -0.3 is 15.1 Å². The van der Waals surface area contributed by atoms with Crippen molar-refractivity contribution in [1.82, 2.24) is 15.1 Å². The fourth-order valence-electron chi connectivity index (χ4n) is 3.06. The zero-order valence-corrected chi connectivity index (χ0v) is 16.4. The molecule has 0 radical (unpaired) electrons. The molecule has 1 saturated heterocycles. The molecule has 1 heterocycles. The molecule has 0 aromatic heterocycles. The van der Waals surface area contributed by atoms with E-state index in [1.54, 1.807) is 46.2 Å². The van der Waals surface area contributed by atoms with Crippen LogP contribution in [-0.2, 0) is 11.3 Å². The van der Waals surface area contributed by atoms with Crippen LogP contribution in [0.5, 0.6) is 0 Å². The second-order valence-electron chi connectivity index (χ2n) is 6.70. The monoisotopic (exact) mass is 399 g/mol. The van der Waals surface area contributed by atoms with E-state index in [1.807, 2.05) is 12.1 Å². The summed E-state index contributed by atoms with van der Waals surface area (Å²) in [6, 6.07) is 14.0. The van der Waals surface area contributed by atoms with E-state index in [9.17, 15) is 14.4 Å². The number of hydrogen-bond acceptors (Lipinski definition) is 3. The predicted molar refractivity (Wildman–Crippen MR) is 107 cm³/mol. The molecule has 6 nitrogen and oxygen atoms in total. The van der Waals surface area contributed by atoms with Crippen molar-refractivity contribution in [2.24, 2.45) is 0 Å². The van der Waals surface area contributed by atoms with Crippen molar-refractivity contribution in [3.63, 3.8) is 0 Å². The van der Waals surface area contributed by atoms with Gasteiger partial charge in [0.1, 0.15) is 0 Å². The van der Waals surface area contributed by atoms with Crippen LogP contribution in [0, 0.1) is 0 Å². The molecule has 146 valence electrons. The molecular formula is C21H22ClN3O3. The van der Waals surface area contributed by atoms with E-state index in [1.165, 1.54) is 6.92 Å². The Morgan fingerprint density at radius 2 is 1.25 bits per heavy atom. The topological polar surface area (TPSA) is 69.7 Å². The Morgan fingerprint density at radius 1 is 0.821 bits per heavy atom. The van der Waals surface area contributed by atoms with Crippen LogP contribution >= 0.6 is 11.6 Å².